The van der Waals surface area contributed by atoms with E-state index in [1.54, 1.807) is 30.3 Å². The van der Waals surface area contributed by atoms with E-state index in [1.165, 1.54) is 6.92 Å². The number of carbonyl (C=O) groups is 2. The van der Waals surface area contributed by atoms with Gasteiger partial charge in [0.2, 0.25) is 5.12 Å². The smallest absolute Gasteiger partial charge is 0.338 e. The maximum absolute atomic E-state index is 12.1. The topological polar surface area (TPSA) is 89.5 Å². The van der Waals surface area contributed by atoms with E-state index < -0.39 is 27.4 Å². The summed E-state index contributed by atoms with van der Waals surface area (Å²) in [5.74, 6) is -0.740. The van der Waals surface area contributed by atoms with Gasteiger partial charge in [-0.05, 0) is 26.3 Å². The van der Waals surface area contributed by atoms with Gasteiger partial charge in [0.15, 0.2) is 0 Å². The van der Waals surface area contributed by atoms with Crippen LogP contribution < -0.4 is 5.32 Å². The maximum atomic E-state index is 12.1. The fourth-order valence-electron chi connectivity index (χ4n) is 2.07. The van der Waals surface area contributed by atoms with E-state index in [-0.39, 0.29) is 10.9 Å². The Hall–Kier alpha value is -1.38. The number of carbonyl (C=O) groups excluding carboxylic acids is 2. The molecule has 1 aromatic carbocycles. The van der Waals surface area contributed by atoms with Crippen molar-refractivity contribution in [3.8, 4) is 0 Å². The average Bonchev–Trinajstić information content (AvgIpc) is 3.07. The molecular weight excluding hydrogens is 338 g/mol. The Balaban J connectivity index is 1.87. The van der Waals surface area contributed by atoms with E-state index in [9.17, 15) is 18.0 Å². The van der Waals surface area contributed by atoms with Crippen molar-refractivity contribution < 1.29 is 22.2 Å². The summed E-state index contributed by atoms with van der Waals surface area (Å²) in [5, 5.41) is 1.73. The van der Waals surface area contributed by atoms with Crippen LogP contribution in [0.3, 0.4) is 0 Å². The van der Waals surface area contributed by atoms with Gasteiger partial charge in [-0.2, -0.15) is 8.42 Å². The summed E-state index contributed by atoms with van der Waals surface area (Å²) in [5.41, 5.74) is 0.509. The van der Waals surface area contributed by atoms with Crippen LogP contribution >= 0.6 is 11.8 Å². The molecule has 1 heterocycles. The third kappa shape index (κ3) is 5.05. The number of nitrogens with one attached hydrogen (secondary N) is 1. The summed E-state index contributed by atoms with van der Waals surface area (Å²) in [6.07, 6.45) is 1.39. The van der Waals surface area contributed by atoms with Gasteiger partial charge in [0.1, 0.15) is 11.3 Å². The highest BCUT2D eigenvalue weighted by atomic mass is 32.2. The Morgan fingerprint density at radius 2 is 2.04 bits per heavy atom. The molecule has 8 heteroatoms. The van der Waals surface area contributed by atoms with Crippen LogP contribution in [-0.4, -0.2) is 43.1 Å². The molecule has 0 amide bonds. The summed E-state index contributed by atoms with van der Waals surface area (Å²) in [6.45, 7) is 2.10. The van der Waals surface area contributed by atoms with E-state index in [0.717, 1.165) is 18.2 Å². The molecule has 1 aromatic rings. The van der Waals surface area contributed by atoms with Crippen molar-refractivity contribution >= 4 is 33.0 Å². The highest BCUT2D eigenvalue weighted by Crippen LogP contribution is 2.18. The minimum absolute atomic E-state index is 0.0292. The first-order valence-electron chi connectivity index (χ1n) is 7.33. The lowest BCUT2D eigenvalue weighted by Gasteiger charge is -2.14. The molecule has 1 saturated heterocycles. The highest BCUT2D eigenvalue weighted by Gasteiger charge is 2.31. The van der Waals surface area contributed by atoms with Gasteiger partial charge in [-0.15, -0.1) is 0 Å². The van der Waals surface area contributed by atoms with Crippen LogP contribution in [0.5, 0.6) is 0 Å². The molecule has 1 aliphatic heterocycles. The van der Waals surface area contributed by atoms with E-state index in [2.05, 4.69) is 9.50 Å². The summed E-state index contributed by atoms with van der Waals surface area (Å²) in [6, 6.07) is 8.05. The number of hydrogen-bond donors (Lipinski definition) is 1. The molecule has 0 aromatic heterocycles. The van der Waals surface area contributed by atoms with Crippen LogP contribution in [0.2, 0.25) is 0 Å². The van der Waals surface area contributed by atoms with Crippen molar-refractivity contribution in [2.75, 3.05) is 12.3 Å². The van der Waals surface area contributed by atoms with Crippen LogP contribution in [0.1, 0.15) is 30.1 Å². The fraction of sp³-hybridized carbons (Fsp3) is 0.467. The zero-order valence-corrected chi connectivity index (χ0v) is 14.4. The van der Waals surface area contributed by atoms with Crippen molar-refractivity contribution in [2.45, 2.75) is 31.1 Å². The average molecular weight is 357 g/mol. The standard InChI is InChI=1S/C15H19NO5S2/c1-11(10-22-15(18)12-6-3-2-4-7-12)23(19,20)21-14(17)13-8-5-9-16-13/h2-4,6-7,11,13,16H,5,8-10H2,1H3/t11?,13-/m0/s1. The normalized spacial score (nSPS) is 19.3. The summed E-state index contributed by atoms with van der Waals surface area (Å²) < 4.78 is 28.8. The van der Waals surface area contributed by atoms with Crippen LogP contribution in [0.4, 0.5) is 0 Å². The minimum atomic E-state index is -4.04. The quantitative estimate of drug-likeness (QED) is 0.773. The Morgan fingerprint density at radius 1 is 1.35 bits per heavy atom. The molecule has 0 bridgehead atoms. The lowest BCUT2D eigenvalue weighted by atomic mass is 10.2. The molecule has 23 heavy (non-hydrogen) atoms. The Bertz CT molecular complexity index is 654. The molecule has 6 nitrogen and oxygen atoms in total. The number of thioether (sulfide) groups is 1. The van der Waals surface area contributed by atoms with Gasteiger partial charge in [-0.1, -0.05) is 42.1 Å². The predicted molar refractivity (Wildman–Crippen MR) is 88.7 cm³/mol. The molecule has 0 saturated carbocycles. The van der Waals surface area contributed by atoms with Crippen LogP contribution in [0.15, 0.2) is 30.3 Å². The first kappa shape index (κ1) is 18.0. The lowest BCUT2D eigenvalue weighted by molar-refractivity contribution is -0.135. The maximum Gasteiger partial charge on any atom is 0.338 e. The van der Waals surface area contributed by atoms with Crippen molar-refractivity contribution in [1.29, 1.82) is 0 Å². The summed E-state index contributed by atoms with van der Waals surface area (Å²) >= 11 is 0.899. The predicted octanol–water partition coefficient (Wildman–Crippen LogP) is 1.57. The summed E-state index contributed by atoms with van der Waals surface area (Å²) in [4.78, 5) is 23.7. The molecular formula is C15H19NO5S2. The zero-order valence-electron chi connectivity index (χ0n) is 12.7. The molecule has 0 aliphatic carbocycles. The fourth-order valence-corrected chi connectivity index (χ4v) is 4.14. The zero-order chi connectivity index (χ0) is 16.9. The largest absolute Gasteiger partial charge is 0.344 e. The number of hydrogen-bond acceptors (Lipinski definition) is 7. The lowest BCUT2D eigenvalue weighted by Crippen LogP contribution is -2.36. The molecule has 1 aliphatic rings. The third-order valence-corrected chi connectivity index (χ3v) is 6.42. The van der Waals surface area contributed by atoms with Gasteiger partial charge in [-0.3, -0.25) is 4.79 Å². The molecule has 1 N–H and O–H groups in total. The minimum Gasteiger partial charge on any atom is -0.344 e. The molecule has 2 rings (SSSR count). The van der Waals surface area contributed by atoms with Gasteiger partial charge in [0.05, 0.1) is 0 Å². The van der Waals surface area contributed by atoms with Crippen molar-refractivity contribution in [2.24, 2.45) is 0 Å². The number of rotatable bonds is 6. The second kappa shape index (κ2) is 7.94. The Morgan fingerprint density at radius 3 is 2.65 bits per heavy atom. The number of benzene rings is 1. The van der Waals surface area contributed by atoms with Crippen LogP contribution in [0.25, 0.3) is 0 Å². The highest BCUT2D eigenvalue weighted by molar-refractivity contribution is 8.14. The van der Waals surface area contributed by atoms with Crippen molar-refractivity contribution in [3.05, 3.63) is 35.9 Å². The SMILES string of the molecule is CC(CSC(=O)c1ccccc1)S(=O)(=O)OC(=O)[C@@H]1CCCN1. The van der Waals surface area contributed by atoms with Crippen LogP contribution in [-0.2, 0) is 19.1 Å². The first-order valence-corrected chi connectivity index (χ1v) is 9.78. The molecule has 0 radical (unpaired) electrons. The molecule has 1 fully saturated rings. The van der Waals surface area contributed by atoms with Crippen molar-refractivity contribution in [1.82, 2.24) is 5.32 Å². The molecule has 126 valence electrons. The summed E-state index contributed by atoms with van der Waals surface area (Å²) in [7, 11) is -4.04. The molecule has 0 spiro atoms. The monoisotopic (exact) mass is 357 g/mol. The first-order chi connectivity index (χ1) is 10.9. The van der Waals surface area contributed by atoms with Gasteiger partial charge >= 0.3 is 16.1 Å². The Kier molecular flexibility index (Phi) is 6.20. The molecule has 2 atom stereocenters. The van der Waals surface area contributed by atoms with Gasteiger partial charge in [0.25, 0.3) is 0 Å². The third-order valence-electron chi connectivity index (χ3n) is 3.49. The van der Waals surface area contributed by atoms with Gasteiger partial charge < -0.3 is 9.50 Å². The van der Waals surface area contributed by atoms with E-state index in [1.807, 2.05) is 0 Å². The van der Waals surface area contributed by atoms with Gasteiger partial charge in [-0.25, -0.2) is 4.79 Å². The van der Waals surface area contributed by atoms with Crippen LogP contribution in [0, 0.1) is 0 Å². The van der Waals surface area contributed by atoms with E-state index in [4.69, 9.17) is 0 Å². The Labute approximate surface area is 140 Å². The molecule has 1 unspecified atom stereocenters. The second-order valence-electron chi connectivity index (χ2n) is 5.32. The second-order valence-corrected chi connectivity index (χ2v) is 8.27. The van der Waals surface area contributed by atoms with Crippen molar-refractivity contribution in [3.63, 3.8) is 0 Å². The van der Waals surface area contributed by atoms with E-state index in [0.29, 0.717) is 18.5 Å². The van der Waals surface area contributed by atoms with E-state index >= 15 is 0 Å². The van der Waals surface area contributed by atoms with Gasteiger partial charge in [0, 0.05) is 11.3 Å².